The average Bonchev–Trinajstić information content (AvgIpc) is 2.90. The van der Waals surface area contributed by atoms with E-state index in [1.54, 1.807) is 24.3 Å². The molecule has 1 atom stereocenters. The minimum atomic E-state index is -1.10. The number of nitrogens with one attached hydrogen (secondary N) is 1. The van der Waals surface area contributed by atoms with Gasteiger partial charge in [0, 0.05) is 29.8 Å². The molecule has 0 bridgehead atoms. The zero-order valence-electron chi connectivity index (χ0n) is 10.8. The van der Waals surface area contributed by atoms with Crippen molar-refractivity contribution < 1.29 is 15.3 Å². The second kappa shape index (κ2) is 3.67. The summed E-state index contributed by atoms with van der Waals surface area (Å²) in [5.74, 6) is 0.398. The van der Waals surface area contributed by atoms with E-state index in [1.165, 1.54) is 0 Å². The smallest absolute Gasteiger partial charge is 0.121 e. The first-order valence-electron chi connectivity index (χ1n) is 6.74. The van der Waals surface area contributed by atoms with Crippen molar-refractivity contribution in [2.24, 2.45) is 0 Å². The van der Waals surface area contributed by atoms with Crippen LogP contribution >= 0.6 is 0 Å². The molecule has 1 unspecified atom stereocenters. The molecule has 0 aromatic heterocycles. The Bertz CT molecular complexity index is 715. The van der Waals surface area contributed by atoms with E-state index in [0.717, 1.165) is 35.3 Å². The molecule has 1 aromatic rings. The molecule has 0 saturated carbocycles. The second-order valence-corrected chi connectivity index (χ2v) is 5.54. The molecule has 4 N–H and O–H groups in total. The van der Waals surface area contributed by atoms with Crippen LogP contribution in [0.1, 0.15) is 23.1 Å². The van der Waals surface area contributed by atoms with Crippen molar-refractivity contribution in [3.05, 3.63) is 46.7 Å². The van der Waals surface area contributed by atoms with Crippen LogP contribution < -0.4 is 5.32 Å². The van der Waals surface area contributed by atoms with Gasteiger partial charge in [-0.2, -0.15) is 0 Å². The van der Waals surface area contributed by atoms with Gasteiger partial charge in [-0.1, -0.05) is 6.08 Å². The Morgan fingerprint density at radius 3 is 2.95 bits per heavy atom. The molecule has 102 valence electrons. The van der Waals surface area contributed by atoms with Gasteiger partial charge in [-0.05, 0) is 41.9 Å². The Hall–Kier alpha value is -2.20. The zero-order chi connectivity index (χ0) is 13.9. The number of benzene rings is 1. The van der Waals surface area contributed by atoms with Crippen molar-refractivity contribution in [3.8, 4) is 5.75 Å². The number of rotatable bonds is 0. The fraction of sp³-hybridized carbons (Fsp3) is 0.250. The first-order valence-corrected chi connectivity index (χ1v) is 6.74. The Labute approximate surface area is 116 Å². The molecule has 1 aliphatic heterocycles. The fourth-order valence-electron chi connectivity index (χ4n) is 3.28. The maximum absolute atomic E-state index is 10.7. The first-order chi connectivity index (χ1) is 9.58. The average molecular weight is 269 g/mol. The van der Waals surface area contributed by atoms with Crippen LogP contribution in [-0.2, 0) is 6.42 Å². The van der Waals surface area contributed by atoms with Crippen LogP contribution in [0.5, 0.6) is 5.75 Å². The molecule has 0 amide bonds. The Kier molecular flexibility index (Phi) is 2.13. The molecule has 4 heteroatoms. The predicted octanol–water partition coefficient (Wildman–Crippen LogP) is 2.35. The fourth-order valence-corrected chi connectivity index (χ4v) is 3.28. The van der Waals surface area contributed by atoms with Crippen molar-refractivity contribution in [1.29, 1.82) is 0 Å². The maximum Gasteiger partial charge on any atom is 0.121 e. The van der Waals surface area contributed by atoms with E-state index in [0.29, 0.717) is 12.0 Å². The van der Waals surface area contributed by atoms with E-state index in [1.807, 2.05) is 6.08 Å². The first kappa shape index (κ1) is 11.6. The summed E-state index contributed by atoms with van der Waals surface area (Å²) in [7, 11) is 0. The summed E-state index contributed by atoms with van der Waals surface area (Å²) in [6, 6.07) is 1.69. The van der Waals surface area contributed by atoms with Crippen molar-refractivity contribution >= 4 is 17.3 Å². The monoisotopic (exact) mass is 269 g/mol. The zero-order valence-corrected chi connectivity index (χ0v) is 10.8. The minimum Gasteiger partial charge on any atom is -0.508 e. The normalized spacial score (nSPS) is 26.1. The number of hydrogen-bond acceptors (Lipinski definition) is 4. The number of phenols is 1. The molecule has 1 aromatic carbocycles. The molecule has 3 aliphatic rings. The largest absolute Gasteiger partial charge is 0.508 e. The molecular formula is C16H15NO3. The van der Waals surface area contributed by atoms with Gasteiger partial charge in [0.25, 0.3) is 0 Å². The summed E-state index contributed by atoms with van der Waals surface area (Å²) in [6.45, 7) is 0.807. The Morgan fingerprint density at radius 2 is 2.10 bits per heavy atom. The molecule has 0 saturated heterocycles. The van der Waals surface area contributed by atoms with Gasteiger partial charge >= 0.3 is 0 Å². The van der Waals surface area contributed by atoms with Gasteiger partial charge in [-0.15, -0.1) is 0 Å². The molecule has 20 heavy (non-hydrogen) atoms. The van der Waals surface area contributed by atoms with E-state index in [9.17, 15) is 15.3 Å². The summed E-state index contributed by atoms with van der Waals surface area (Å²) in [5.41, 5.74) is 3.16. The lowest BCUT2D eigenvalue weighted by Gasteiger charge is -2.34. The van der Waals surface area contributed by atoms with E-state index in [2.05, 4.69) is 5.32 Å². The van der Waals surface area contributed by atoms with E-state index < -0.39 is 5.60 Å². The standard InChI is InChI=1S/C16H15NO3/c18-9-1-4-16(20)5-2-10-12(13(16)7-9)8-14(19)11-3-6-17-15(10)11/h1-2,5,7-8,17-20H,3-4,6H2. The predicted molar refractivity (Wildman–Crippen MR) is 77.6 cm³/mol. The Morgan fingerprint density at radius 1 is 1.25 bits per heavy atom. The third-order valence-electron chi connectivity index (χ3n) is 4.33. The SMILES string of the molecule is OC1=CCC2(O)C=Cc3c(cc(O)c4c3NCC4)C2=C1. The summed E-state index contributed by atoms with van der Waals surface area (Å²) < 4.78 is 0. The van der Waals surface area contributed by atoms with Crippen LogP contribution in [0.2, 0.25) is 0 Å². The topological polar surface area (TPSA) is 72.7 Å². The van der Waals surface area contributed by atoms with Crippen molar-refractivity contribution in [2.45, 2.75) is 18.4 Å². The van der Waals surface area contributed by atoms with Gasteiger partial charge in [-0.25, -0.2) is 0 Å². The van der Waals surface area contributed by atoms with Gasteiger partial charge in [0.1, 0.15) is 17.1 Å². The van der Waals surface area contributed by atoms with Gasteiger partial charge in [0.05, 0.1) is 0 Å². The molecule has 1 heterocycles. The number of anilines is 1. The van der Waals surface area contributed by atoms with Crippen LogP contribution in [0, 0.1) is 0 Å². The van der Waals surface area contributed by atoms with Crippen molar-refractivity contribution in [2.75, 3.05) is 11.9 Å². The third-order valence-corrected chi connectivity index (χ3v) is 4.33. The second-order valence-electron chi connectivity index (χ2n) is 5.54. The molecule has 4 nitrogen and oxygen atoms in total. The lowest BCUT2D eigenvalue weighted by atomic mass is 9.75. The summed E-state index contributed by atoms with van der Waals surface area (Å²) >= 11 is 0. The number of aliphatic hydroxyl groups excluding tert-OH is 1. The number of aromatic hydroxyl groups is 1. The lowest BCUT2D eigenvalue weighted by molar-refractivity contribution is 0.153. The molecule has 0 radical (unpaired) electrons. The number of hydrogen-bond donors (Lipinski definition) is 4. The maximum atomic E-state index is 10.7. The van der Waals surface area contributed by atoms with Crippen LogP contribution in [0.4, 0.5) is 5.69 Å². The lowest BCUT2D eigenvalue weighted by Crippen LogP contribution is -2.31. The van der Waals surface area contributed by atoms with Crippen molar-refractivity contribution in [1.82, 2.24) is 0 Å². The van der Waals surface area contributed by atoms with E-state index in [4.69, 9.17) is 0 Å². The Balaban J connectivity index is 2.01. The number of aliphatic hydroxyl groups is 2. The van der Waals surface area contributed by atoms with Gasteiger partial charge in [-0.3, -0.25) is 0 Å². The highest BCUT2D eigenvalue weighted by molar-refractivity contribution is 5.93. The molecule has 0 spiro atoms. The van der Waals surface area contributed by atoms with Crippen molar-refractivity contribution in [3.63, 3.8) is 0 Å². The highest BCUT2D eigenvalue weighted by Gasteiger charge is 2.37. The number of phenolic OH excluding ortho intramolecular Hbond substituents is 1. The minimum absolute atomic E-state index is 0.152. The molecule has 4 rings (SSSR count). The summed E-state index contributed by atoms with van der Waals surface area (Å²) in [5, 5.41) is 33.9. The quantitative estimate of drug-likeness (QED) is 0.583. The van der Waals surface area contributed by atoms with E-state index in [-0.39, 0.29) is 11.5 Å². The molecule has 2 aliphatic carbocycles. The van der Waals surface area contributed by atoms with Gasteiger partial charge in [0.15, 0.2) is 0 Å². The van der Waals surface area contributed by atoms with Crippen LogP contribution in [-0.4, -0.2) is 27.5 Å². The summed E-state index contributed by atoms with van der Waals surface area (Å²) in [4.78, 5) is 0. The molecular weight excluding hydrogens is 254 g/mol. The highest BCUT2D eigenvalue weighted by atomic mass is 16.3. The number of allylic oxidation sites excluding steroid dienone is 1. The van der Waals surface area contributed by atoms with Crippen LogP contribution in [0.25, 0.3) is 11.6 Å². The summed E-state index contributed by atoms with van der Waals surface area (Å²) in [6.07, 6.45) is 7.99. The van der Waals surface area contributed by atoms with E-state index >= 15 is 0 Å². The number of fused-ring (bicyclic) bond motifs is 5. The third kappa shape index (κ3) is 1.40. The van der Waals surface area contributed by atoms with Gasteiger partial charge in [0.2, 0.25) is 0 Å². The highest BCUT2D eigenvalue weighted by Crippen LogP contribution is 2.47. The molecule has 0 fully saturated rings. The van der Waals surface area contributed by atoms with Crippen LogP contribution in [0.15, 0.2) is 30.1 Å². The van der Waals surface area contributed by atoms with Crippen LogP contribution in [0.3, 0.4) is 0 Å². The van der Waals surface area contributed by atoms with Gasteiger partial charge < -0.3 is 20.6 Å².